The molecular weight excluding hydrogens is 292 g/mol. The minimum Gasteiger partial charge on any atom is -0.468 e. The summed E-state index contributed by atoms with van der Waals surface area (Å²) in [5, 5.41) is 0. The second-order valence-corrected chi connectivity index (χ2v) is 6.63. The molecule has 3 fully saturated rings. The summed E-state index contributed by atoms with van der Waals surface area (Å²) in [6.07, 6.45) is -2.83. The highest BCUT2D eigenvalue weighted by molar-refractivity contribution is 7.89. The third kappa shape index (κ3) is 1.40. The van der Waals surface area contributed by atoms with Crippen molar-refractivity contribution in [3.63, 3.8) is 0 Å². The lowest BCUT2D eigenvalue weighted by Gasteiger charge is -2.26. The number of esters is 2. The fourth-order valence-corrected chi connectivity index (χ4v) is 4.87. The molecule has 0 spiro atoms. The van der Waals surface area contributed by atoms with Crippen molar-refractivity contribution < 1.29 is 36.4 Å². The van der Waals surface area contributed by atoms with Crippen molar-refractivity contribution in [1.29, 1.82) is 0 Å². The highest BCUT2D eigenvalue weighted by atomic mass is 32.2. The Morgan fingerprint density at radius 3 is 2.75 bits per heavy atom. The topological polar surface area (TPSA) is 105 Å². The zero-order valence-electron chi connectivity index (χ0n) is 10.5. The molecule has 0 aliphatic carbocycles. The molecule has 0 amide bonds. The summed E-state index contributed by atoms with van der Waals surface area (Å²) < 4.78 is 42.5. The number of rotatable bonds is 3. The lowest BCUT2D eigenvalue weighted by molar-refractivity contribution is -0.149. The fraction of sp³-hybridized carbons (Fsp3) is 0.636. The van der Waals surface area contributed by atoms with Crippen molar-refractivity contribution in [2.24, 2.45) is 0 Å². The van der Waals surface area contributed by atoms with Gasteiger partial charge in [-0.2, -0.15) is 8.42 Å². The zero-order valence-corrected chi connectivity index (χ0v) is 11.3. The monoisotopic (exact) mass is 304 g/mol. The number of ether oxygens (including phenoxy) is 3. The van der Waals surface area contributed by atoms with E-state index in [1.54, 1.807) is 0 Å². The maximum atomic E-state index is 12.1. The van der Waals surface area contributed by atoms with Crippen LogP contribution in [0, 0.1) is 0 Å². The number of carbonyl (C=O) groups is 2. The Morgan fingerprint density at radius 1 is 1.45 bits per heavy atom. The van der Waals surface area contributed by atoms with Crippen molar-refractivity contribution >= 4 is 22.1 Å². The molecule has 2 bridgehead atoms. The summed E-state index contributed by atoms with van der Waals surface area (Å²) in [5.74, 6) is -1.62. The Hall–Kier alpha value is -1.45. The van der Waals surface area contributed by atoms with Gasteiger partial charge in [0.15, 0.2) is 6.10 Å². The Bertz CT molecular complexity index is 596. The summed E-state index contributed by atoms with van der Waals surface area (Å²) in [4.78, 5) is 23.2. The zero-order chi connectivity index (χ0) is 14.7. The molecule has 0 aromatic rings. The van der Waals surface area contributed by atoms with Gasteiger partial charge in [0.25, 0.3) is 10.1 Å². The second-order valence-electron chi connectivity index (χ2n) is 4.80. The SMILES string of the molecule is C=CC(=O)OC1C2CC3(C(=O)OC)C(O2)C1OS3(=O)=O. The molecule has 3 heterocycles. The first kappa shape index (κ1) is 13.5. The maximum Gasteiger partial charge on any atom is 0.332 e. The molecule has 5 atom stereocenters. The van der Waals surface area contributed by atoms with E-state index in [-0.39, 0.29) is 6.42 Å². The summed E-state index contributed by atoms with van der Waals surface area (Å²) in [7, 11) is -3.10. The lowest BCUT2D eigenvalue weighted by atomic mass is 9.84. The average molecular weight is 304 g/mol. The van der Waals surface area contributed by atoms with Gasteiger partial charge in [-0.3, -0.25) is 8.98 Å². The van der Waals surface area contributed by atoms with Gasteiger partial charge in [-0.1, -0.05) is 6.58 Å². The van der Waals surface area contributed by atoms with Crippen LogP contribution in [0.2, 0.25) is 0 Å². The van der Waals surface area contributed by atoms with Crippen LogP contribution in [0.5, 0.6) is 0 Å². The summed E-state index contributed by atoms with van der Waals surface area (Å²) in [5.41, 5.74) is 0. The van der Waals surface area contributed by atoms with Gasteiger partial charge < -0.3 is 14.2 Å². The Kier molecular flexibility index (Phi) is 2.72. The van der Waals surface area contributed by atoms with Gasteiger partial charge in [0.1, 0.15) is 18.3 Å². The molecule has 8 nitrogen and oxygen atoms in total. The summed E-state index contributed by atoms with van der Waals surface area (Å²) in [6.45, 7) is 3.26. The summed E-state index contributed by atoms with van der Waals surface area (Å²) in [6, 6.07) is 0. The van der Waals surface area contributed by atoms with Crippen molar-refractivity contribution in [2.75, 3.05) is 7.11 Å². The number of hydrogen-bond acceptors (Lipinski definition) is 8. The number of methoxy groups -OCH3 is 1. The highest BCUT2D eigenvalue weighted by Crippen LogP contribution is 2.55. The van der Waals surface area contributed by atoms with Crippen LogP contribution in [0.25, 0.3) is 0 Å². The maximum absolute atomic E-state index is 12.1. The van der Waals surface area contributed by atoms with E-state index < -0.39 is 51.2 Å². The van der Waals surface area contributed by atoms with E-state index in [0.717, 1.165) is 13.2 Å². The minimum absolute atomic E-state index is 0.155. The molecule has 0 N–H and O–H groups in total. The van der Waals surface area contributed by atoms with Gasteiger partial charge in [0, 0.05) is 12.5 Å². The quantitative estimate of drug-likeness (QED) is 0.367. The van der Waals surface area contributed by atoms with Crippen LogP contribution < -0.4 is 0 Å². The number of carbonyl (C=O) groups excluding carboxylic acids is 2. The molecule has 0 aromatic carbocycles. The van der Waals surface area contributed by atoms with E-state index >= 15 is 0 Å². The van der Waals surface area contributed by atoms with Crippen LogP contribution in [0.4, 0.5) is 0 Å². The largest absolute Gasteiger partial charge is 0.468 e. The van der Waals surface area contributed by atoms with E-state index in [0.29, 0.717) is 0 Å². The van der Waals surface area contributed by atoms with Crippen LogP contribution >= 0.6 is 0 Å². The van der Waals surface area contributed by atoms with E-state index in [2.05, 4.69) is 11.3 Å². The van der Waals surface area contributed by atoms with E-state index in [9.17, 15) is 18.0 Å². The van der Waals surface area contributed by atoms with Gasteiger partial charge in [-0.05, 0) is 0 Å². The number of fused-ring (bicyclic) bond motifs is 1. The molecule has 20 heavy (non-hydrogen) atoms. The highest BCUT2D eigenvalue weighted by Gasteiger charge is 2.79. The van der Waals surface area contributed by atoms with Crippen molar-refractivity contribution in [3.8, 4) is 0 Å². The molecular formula is C11H12O8S. The summed E-state index contributed by atoms with van der Waals surface area (Å²) >= 11 is 0. The van der Waals surface area contributed by atoms with Gasteiger partial charge in [0.2, 0.25) is 4.75 Å². The first-order valence-electron chi connectivity index (χ1n) is 5.87. The van der Waals surface area contributed by atoms with E-state index in [1.165, 1.54) is 0 Å². The van der Waals surface area contributed by atoms with E-state index in [4.69, 9.17) is 13.7 Å². The molecule has 3 saturated heterocycles. The molecule has 9 heteroatoms. The van der Waals surface area contributed by atoms with Crippen LogP contribution in [-0.2, 0) is 38.1 Å². The van der Waals surface area contributed by atoms with Crippen molar-refractivity contribution in [3.05, 3.63) is 12.7 Å². The standard InChI is InChI=1S/C11H12O8S/c1-3-6(12)18-7-5-4-11(10(13)16-2)9(17-5)8(7)19-20(11,14)15/h3,5,7-9H,1,4H2,2H3. The fourth-order valence-electron chi connectivity index (χ4n) is 3.06. The smallest absolute Gasteiger partial charge is 0.332 e. The molecule has 3 aliphatic rings. The van der Waals surface area contributed by atoms with Gasteiger partial charge >= 0.3 is 11.9 Å². The second kappa shape index (κ2) is 4.03. The van der Waals surface area contributed by atoms with Crippen molar-refractivity contribution in [2.45, 2.75) is 35.6 Å². The molecule has 3 rings (SSSR count). The molecule has 0 aromatic heterocycles. The van der Waals surface area contributed by atoms with Crippen LogP contribution in [0.1, 0.15) is 6.42 Å². The Labute approximate surface area is 114 Å². The van der Waals surface area contributed by atoms with E-state index in [1.807, 2.05) is 0 Å². The van der Waals surface area contributed by atoms with Gasteiger partial charge in [-0.25, -0.2) is 4.79 Å². The van der Waals surface area contributed by atoms with Crippen LogP contribution in [-0.4, -0.2) is 56.6 Å². The molecule has 5 unspecified atom stereocenters. The van der Waals surface area contributed by atoms with Crippen LogP contribution in [0.15, 0.2) is 12.7 Å². The van der Waals surface area contributed by atoms with Gasteiger partial charge in [-0.15, -0.1) is 0 Å². The Morgan fingerprint density at radius 2 is 2.15 bits per heavy atom. The molecule has 0 saturated carbocycles. The predicted molar refractivity (Wildman–Crippen MR) is 61.9 cm³/mol. The third-order valence-electron chi connectivity index (χ3n) is 3.91. The van der Waals surface area contributed by atoms with Gasteiger partial charge in [0.05, 0.1) is 7.11 Å². The number of hydrogen-bond donors (Lipinski definition) is 0. The average Bonchev–Trinajstić information content (AvgIpc) is 2.99. The normalized spacial score (nSPS) is 43.2. The lowest BCUT2D eigenvalue weighted by Crippen LogP contribution is -2.54. The minimum atomic E-state index is -4.20. The first-order valence-corrected chi connectivity index (χ1v) is 7.28. The first-order chi connectivity index (χ1) is 9.37. The Balaban J connectivity index is 1.98. The van der Waals surface area contributed by atoms with Crippen molar-refractivity contribution in [1.82, 2.24) is 0 Å². The van der Waals surface area contributed by atoms with Crippen LogP contribution in [0.3, 0.4) is 0 Å². The molecule has 0 radical (unpaired) electrons. The molecule has 3 aliphatic heterocycles. The predicted octanol–water partition coefficient (Wildman–Crippen LogP) is -1.10. The molecule has 110 valence electrons. The third-order valence-corrected chi connectivity index (χ3v) is 5.84.